The Balaban J connectivity index is 0.00000210. The minimum Gasteiger partial charge on any atom is -0.322 e. The molecule has 0 aliphatic carbocycles. The molecule has 8 heteroatoms. The standard InChI is InChI=1S/C19H18FN3O2S.ClH/c20-19-13-7-8-21-9-12(13)5-6-14(19)22-17(24)10-23-15-3-1-2-4-16(15)26-11-18(23)25;/h1-6,21H,7-11H2,(H,22,24);1H. The molecule has 2 heterocycles. The lowest BCUT2D eigenvalue weighted by molar-refractivity contribution is -0.120. The molecule has 4 rings (SSSR count). The van der Waals surface area contributed by atoms with Crippen LogP contribution in [0.2, 0.25) is 0 Å². The fraction of sp³-hybridized carbons (Fsp3) is 0.263. The fourth-order valence-electron chi connectivity index (χ4n) is 3.29. The molecule has 0 fully saturated rings. The maximum atomic E-state index is 14.7. The topological polar surface area (TPSA) is 61.4 Å². The van der Waals surface area contributed by atoms with Crippen LogP contribution in [0, 0.1) is 5.82 Å². The van der Waals surface area contributed by atoms with Gasteiger partial charge in [0, 0.05) is 11.4 Å². The van der Waals surface area contributed by atoms with Gasteiger partial charge in [0.1, 0.15) is 12.4 Å². The quantitative estimate of drug-likeness (QED) is 0.821. The van der Waals surface area contributed by atoms with Crippen LogP contribution in [0.15, 0.2) is 41.3 Å². The van der Waals surface area contributed by atoms with Crippen LogP contribution in [-0.4, -0.2) is 30.7 Å². The van der Waals surface area contributed by atoms with Crippen LogP contribution in [0.25, 0.3) is 0 Å². The van der Waals surface area contributed by atoms with Crippen molar-refractivity contribution >= 4 is 47.4 Å². The molecule has 2 aliphatic rings. The zero-order valence-corrected chi connectivity index (χ0v) is 16.1. The van der Waals surface area contributed by atoms with Crippen LogP contribution in [0.4, 0.5) is 15.8 Å². The van der Waals surface area contributed by atoms with Crippen molar-refractivity contribution in [2.45, 2.75) is 17.9 Å². The number of nitrogens with zero attached hydrogens (tertiary/aromatic N) is 1. The van der Waals surface area contributed by atoms with Gasteiger partial charge in [-0.15, -0.1) is 24.2 Å². The lowest BCUT2D eigenvalue weighted by Crippen LogP contribution is -2.41. The SMILES string of the molecule is Cl.O=C(CN1C(=O)CSc2ccccc21)Nc1ccc2c(c1F)CCNC2. The maximum absolute atomic E-state index is 14.7. The molecular weight excluding hydrogens is 389 g/mol. The fourth-order valence-corrected chi connectivity index (χ4v) is 4.23. The summed E-state index contributed by atoms with van der Waals surface area (Å²) in [6.45, 7) is 1.23. The number of rotatable bonds is 3. The number of benzene rings is 2. The van der Waals surface area contributed by atoms with Crippen molar-refractivity contribution in [2.75, 3.05) is 29.1 Å². The van der Waals surface area contributed by atoms with Gasteiger partial charge in [0.15, 0.2) is 0 Å². The van der Waals surface area contributed by atoms with Crippen molar-refractivity contribution in [2.24, 2.45) is 0 Å². The number of para-hydroxylation sites is 1. The van der Waals surface area contributed by atoms with Gasteiger partial charge in [0.2, 0.25) is 11.8 Å². The third-order valence-corrected chi connectivity index (χ3v) is 5.64. The Kier molecular flexibility index (Phi) is 6.04. The summed E-state index contributed by atoms with van der Waals surface area (Å²) in [6.07, 6.45) is 0.597. The number of halogens is 2. The van der Waals surface area contributed by atoms with Gasteiger partial charge in [-0.3, -0.25) is 9.59 Å². The Bertz CT molecular complexity index is 893. The summed E-state index contributed by atoms with van der Waals surface area (Å²) < 4.78 is 14.7. The number of anilines is 2. The van der Waals surface area contributed by atoms with E-state index in [0.717, 1.165) is 22.7 Å². The number of hydrogen-bond acceptors (Lipinski definition) is 4. The lowest BCUT2D eigenvalue weighted by atomic mass is 9.99. The average Bonchev–Trinajstić information content (AvgIpc) is 2.66. The normalized spacial score (nSPS) is 15.4. The van der Waals surface area contributed by atoms with Gasteiger partial charge in [-0.05, 0) is 42.3 Å². The highest BCUT2D eigenvalue weighted by Crippen LogP contribution is 2.34. The average molecular weight is 408 g/mol. The number of amides is 2. The van der Waals surface area contributed by atoms with Gasteiger partial charge in [-0.2, -0.15) is 0 Å². The summed E-state index contributed by atoms with van der Waals surface area (Å²) in [7, 11) is 0. The molecule has 5 nitrogen and oxygen atoms in total. The summed E-state index contributed by atoms with van der Waals surface area (Å²) in [5.41, 5.74) is 2.46. The van der Waals surface area contributed by atoms with Crippen molar-refractivity contribution in [1.82, 2.24) is 5.32 Å². The van der Waals surface area contributed by atoms with Crippen LogP contribution >= 0.6 is 24.2 Å². The summed E-state index contributed by atoms with van der Waals surface area (Å²) in [5, 5.41) is 5.82. The highest BCUT2D eigenvalue weighted by molar-refractivity contribution is 8.00. The maximum Gasteiger partial charge on any atom is 0.244 e. The molecule has 27 heavy (non-hydrogen) atoms. The van der Waals surface area contributed by atoms with Gasteiger partial charge < -0.3 is 15.5 Å². The monoisotopic (exact) mass is 407 g/mol. The van der Waals surface area contributed by atoms with Crippen molar-refractivity contribution in [3.63, 3.8) is 0 Å². The van der Waals surface area contributed by atoms with Crippen LogP contribution in [-0.2, 0) is 22.6 Å². The highest BCUT2D eigenvalue weighted by atomic mass is 35.5. The number of thioether (sulfide) groups is 1. The van der Waals surface area contributed by atoms with Crippen LogP contribution in [0.1, 0.15) is 11.1 Å². The predicted octanol–water partition coefficient (Wildman–Crippen LogP) is 2.97. The van der Waals surface area contributed by atoms with Gasteiger partial charge >= 0.3 is 0 Å². The van der Waals surface area contributed by atoms with Crippen LogP contribution in [0.3, 0.4) is 0 Å². The molecule has 2 aromatic rings. The summed E-state index contributed by atoms with van der Waals surface area (Å²) in [4.78, 5) is 27.1. The highest BCUT2D eigenvalue weighted by Gasteiger charge is 2.26. The Morgan fingerprint density at radius 2 is 2.07 bits per heavy atom. The van der Waals surface area contributed by atoms with Crippen molar-refractivity contribution in [1.29, 1.82) is 0 Å². The Hall–Kier alpha value is -2.09. The second kappa shape index (κ2) is 8.29. The molecule has 0 unspecified atom stereocenters. The van der Waals surface area contributed by atoms with E-state index in [1.807, 2.05) is 30.3 Å². The predicted molar refractivity (Wildman–Crippen MR) is 107 cm³/mol. The van der Waals surface area contributed by atoms with Gasteiger partial charge in [0.05, 0.1) is 17.1 Å². The van der Waals surface area contributed by atoms with Gasteiger partial charge in [-0.25, -0.2) is 4.39 Å². The summed E-state index contributed by atoms with van der Waals surface area (Å²) in [5.74, 6) is -0.614. The zero-order valence-electron chi connectivity index (χ0n) is 14.5. The molecule has 2 aromatic carbocycles. The molecule has 0 saturated carbocycles. The Labute approximate surface area is 167 Å². The smallest absolute Gasteiger partial charge is 0.244 e. The zero-order chi connectivity index (χ0) is 18.1. The second-order valence-electron chi connectivity index (χ2n) is 6.28. The molecule has 0 aromatic heterocycles. The van der Waals surface area contributed by atoms with Crippen LogP contribution < -0.4 is 15.5 Å². The minimum atomic E-state index is -0.409. The number of carbonyl (C=O) groups is 2. The summed E-state index contributed by atoms with van der Waals surface area (Å²) in [6, 6.07) is 10.9. The van der Waals surface area contributed by atoms with E-state index in [0.29, 0.717) is 24.3 Å². The van der Waals surface area contributed by atoms with Crippen molar-refractivity contribution in [3.8, 4) is 0 Å². The van der Waals surface area contributed by atoms with E-state index in [4.69, 9.17) is 0 Å². The third-order valence-electron chi connectivity index (χ3n) is 4.59. The van der Waals surface area contributed by atoms with Gasteiger partial charge in [-0.1, -0.05) is 18.2 Å². The van der Waals surface area contributed by atoms with E-state index in [9.17, 15) is 14.0 Å². The molecule has 0 spiro atoms. The summed E-state index contributed by atoms with van der Waals surface area (Å²) >= 11 is 1.46. The number of carbonyl (C=O) groups excluding carboxylic acids is 2. The molecule has 0 saturated heterocycles. The van der Waals surface area contributed by atoms with E-state index < -0.39 is 5.91 Å². The molecular formula is C19H19ClFN3O2S. The van der Waals surface area contributed by atoms with Gasteiger partial charge in [0.25, 0.3) is 0 Å². The first-order chi connectivity index (χ1) is 12.6. The molecule has 0 atom stereocenters. The molecule has 2 aliphatic heterocycles. The molecule has 0 bridgehead atoms. The van der Waals surface area contributed by atoms with E-state index in [1.165, 1.54) is 16.7 Å². The molecule has 2 amide bonds. The number of nitrogens with one attached hydrogen (secondary N) is 2. The van der Waals surface area contributed by atoms with Crippen molar-refractivity contribution < 1.29 is 14.0 Å². The van der Waals surface area contributed by atoms with E-state index in [1.54, 1.807) is 6.07 Å². The minimum absolute atomic E-state index is 0. The van der Waals surface area contributed by atoms with E-state index in [-0.39, 0.29) is 36.4 Å². The first kappa shape index (κ1) is 19.7. The van der Waals surface area contributed by atoms with E-state index >= 15 is 0 Å². The third kappa shape index (κ3) is 3.95. The van der Waals surface area contributed by atoms with Crippen molar-refractivity contribution in [3.05, 3.63) is 53.3 Å². The second-order valence-corrected chi connectivity index (χ2v) is 7.29. The Morgan fingerprint density at radius 1 is 1.26 bits per heavy atom. The largest absolute Gasteiger partial charge is 0.322 e. The first-order valence-electron chi connectivity index (χ1n) is 8.46. The molecule has 142 valence electrons. The molecule has 0 radical (unpaired) electrons. The number of fused-ring (bicyclic) bond motifs is 2. The van der Waals surface area contributed by atoms with E-state index in [2.05, 4.69) is 10.6 Å². The van der Waals surface area contributed by atoms with Crippen LogP contribution in [0.5, 0.6) is 0 Å². The molecule has 2 N–H and O–H groups in total. The first-order valence-corrected chi connectivity index (χ1v) is 9.45. The number of hydrogen-bond donors (Lipinski definition) is 2. The Morgan fingerprint density at radius 3 is 2.93 bits per heavy atom. The lowest BCUT2D eigenvalue weighted by Gasteiger charge is -2.28.